The van der Waals surface area contributed by atoms with Gasteiger partial charge in [0.05, 0.1) is 5.69 Å². The molecule has 8 nitrogen and oxygen atoms in total. The van der Waals surface area contributed by atoms with Gasteiger partial charge in [0, 0.05) is 36.5 Å². The van der Waals surface area contributed by atoms with Crippen molar-refractivity contribution in [1.29, 1.82) is 0 Å². The van der Waals surface area contributed by atoms with Crippen LogP contribution in [0.2, 0.25) is 0 Å². The van der Waals surface area contributed by atoms with Crippen molar-refractivity contribution in [2.24, 2.45) is 0 Å². The van der Waals surface area contributed by atoms with Crippen LogP contribution in [0.4, 0.5) is 0 Å². The van der Waals surface area contributed by atoms with E-state index in [0.29, 0.717) is 49.1 Å². The molecular formula is C28H27N3O5. The molecular weight excluding hydrogens is 458 g/mol. The number of esters is 1. The highest BCUT2D eigenvalue weighted by molar-refractivity contribution is 5.90. The molecule has 0 unspecified atom stereocenters. The van der Waals surface area contributed by atoms with Gasteiger partial charge < -0.3 is 19.1 Å². The second-order valence-corrected chi connectivity index (χ2v) is 7.89. The zero-order valence-electron chi connectivity index (χ0n) is 19.8. The minimum absolute atomic E-state index is 0.328. The second kappa shape index (κ2) is 11.7. The number of para-hydroxylation sites is 1. The van der Waals surface area contributed by atoms with Crippen LogP contribution in [-0.2, 0) is 14.3 Å². The molecule has 1 aliphatic rings. The van der Waals surface area contributed by atoms with Gasteiger partial charge in [0.2, 0.25) is 0 Å². The van der Waals surface area contributed by atoms with Crippen molar-refractivity contribution < 1.29 is 23.8 Å². The zero-order chi connectivity index (χ0) is 25.3. The highest BCUT2D eigenvalue weighted by atomic mass is 16.6. The third-order valence-electron chi connectivity index (χ3n) is 5.37. The summed E-state index contributed by atoms with van der Waals surface area (Å²) in [6.07, 6.45) is 7.94. The number of carbonyl (C=O) groups excluding carboxylic acids is 2. The van der Waals surface area contributed by atoms with Crippen LogP contribution in [0.5, 0.6) is 11.5 Å². The Kier molecular flexibility index (Phi) is 7.97. The summed E-state index contributed by atoms with van der Waals surface area (Å²) in [4.78, 5) is 26.2. The van der Waals surface area contributed by atoms with E-state index in [4.69, 9.17) is 19.3 Å². The Morgan fingerprint density at radius 2 is 1.75 bits per heavy atom. The largest absolute Gasteiger partial charge is 0.486 e. The predicted molar refractivity (Wildman–Crippen MR) is 137 cm³/mol. The molecule has 1 aliphatic heterocycles. The van der Waals surface area contributed by atoms with Crippen LogP contribution in [-0.4, -0.2) is 59.5 Å². The Labute approximate surface area is 209 Å². The van der Waals surface area contributed by atoms with E-state index in [-0.39, 0.29) is 12.5 Å². The van der Waals surface area contributed by atoms with Crippen LogP contribution < -0.4 is 9.47 Å². The number of ether oxygens (including phenoxy) is 3. The van der Waals surface area contributed by atoms with E-state index in [9.17, 15) is 9.59 Å². The Morgan fingerprint density at radius 3 is 2.47 bits per heavy atom. The summed E-state index contributed by atoms with van der Waals surface area (Å²) in [7, 11) is 0. The lowest BCUT2D eigenvalue weighted by Crippen LogP contribution is -2.34. The molecule has 36 heavy (non-hydrogen) atoms. The molecule has 0 fully saturated rings. The summed E-state index contributed by atoms with van der Waals surface area (Å²) in [5.41, 5.74) is 3.02. The Bertz CT molecular complexity index is 1270. The fraction of sp³-hybridized carbons (Fsp3) is 0.179. The molecule has 0 spiro atoms. The van der Waals surface area contributed by atoms with Crippen molar-refractivity contribution >= 4 is 18.0 Å². The summed E-state index contributed by atoms with van der Waals surface area (Å²) < 4.78 is 18.2. The lowest BCUT2D eigenvalue weighted by atomic mass is 10.1. The van der Waals surface area contributed by atoms with Crippen LogP contribution >= 0.6 is 0 Å². The van der Waals surface area contributed by atoms with Crippen molar-refractivity contribution in [2.45, 2.75) is 0 Å². The quantitative estimate of drug-likeness (QED) is 0.245. The SMILES string of the molecule is C=CCN(CC=C)C(=O)COC(=O)C=Cc1cn(-c2ccccc2)nc1-c1ccc2c(c1)OCCO2. The predicted octanol–water partition coefficient (Wildman–Crippen LogP) is 4.07. The fourth-order valence-corrected chi connectivity index (χ4v) is 3.66. The minimum atomic E-state index is -0.638. The number of rotatable bonds is 10. The van der Waals surface area contributed by atoms with E-state index in [0.717, 1.165) is 11.3 Å². The maximum Gasteiger partial charge on any atom is 0.331 e. The van der Waals surface area contributed by atoms with E-state index in [1.54, 1.807) is 22.9 Å². The molecule has 0 bridgehead atoms. The number of hydrogen-bond acceptors (Lipinski definition) is 6. The number of aromatic nitrogens is 2. The average molecular weight is 486 g/mol. The Hall–Kier alpha value is -4.59. The first-order valence-electron chi connectivity index (χ1n) is 11.5. The number of hydrogen-bond donors (Lipinski definition) is 0. The van der Waals surface area contributed by atoms with Gasteiger partial charge in [-0.2, -0.15) is 5.10 Å². The molecule has 2 aromatic carbocycles. The molecule has 0 aliphatic carbocycles. The van der Waals surface area contributed by atoms with Crippen molar-refractivity contribution in [3.8, 4) is 28.4 Å². The van der Waals surface area contributed by atoms with Crippen molar-refractivity contribution in [3.05, 3.63) is 91.7 Å². The first kappa shape index (κ1) is 24.5. The zero-order valence-corrected chi connectivity index (χ0v) is 19.8. The molecule has 1 amide bonds. The fourth-order valence-electron chi connectivity index (χ4n) is 3.66. The number of fused-ring (bicyclic) bond motifs is 1. The van der Waals surface area contributed by atoms with Gasteiger partial charge in [-0.05, 0) is 36.4 Å². The molecule has 0 saturated carbocycles. The van der Waals surface area contributed by atoms with Gasteiger partial charge in [-0.25, -0.2) is 9.48 Å². The number of amides is 1. The molecule has 8 heteroatoms. The van der Waals surface area contributed by atoms with Crippen LogP contribution in [0.25, 0.3) is 23.0 Å². The molecule has 3 aromatic rings. The van der Waals surface area contributed by atoms with E-state index in [1.165, 1.54) is 11.0 Å². The van der Waals surface area contributed by atoms with Gasteiger partial charge in [0.25, 0.3) is 5.91 Å². The summed E-state index contributed by atoms with van der Waals surface area (Å²) in [6.45, 7) is 8.56. The molecule has 0 atom stereocenters. The molecule has 4 rings (SSSR count). The lowest BCUT2D eigenvalue weighted by Gasteiger charge is -2.18. The average Bonchev–Trinajstić information content (AvgIpc) is 3.35. The van der Waals surface area contributed by atoms with Gasteiger partial charge in [0.1, 0.15) is 18.9 Å². The van der Waals surface area contributed by atoms with Gasteiger partial charge in [-0.1, -0.05) is 30.4 Å². The normalized spacial score (nSPS) is 12.2. The number of benzene rings is 2. The molecule has 2 heterocycles. The first-order valence-corrected chi connectivity index (χ1v) is 11.5. The number of nitrogens with zero attached hydrogens (tertiary/aromatic N) is 3. The summed E-state index contributed by atoms with van der Waals surface area (Å²) in [5, 5.41) is 4.75. The lowest BCUT2D eigenvalue weighted by molar-refractivity contribution is -0.147. The van der Waals surface area contributed by atoms with E-state index in [2.05, 4.69) is 13.2 Å². The molecule has 0 saturated heterocycles. The second-order valence-electron chi connectivity index (χ2n) is 7.89. The summed E-state index contributed by atoms with van der Waals surface area (Å²) >= 11 is 0. The molecule has 0 radical (unpaired) electrons. The Morgan fingerprint density at radius 1 is 1.03 bits per heavy atom. The highest BCUT2D eigenvalue weighted by Gasteiger charge is 2.17. The first-order chi connectivity index (χ1) is 17.6. The van der Waals surface area contributed by atoms with Crippen LogP contribution in [0.1, 0.15) is 5.56 Å². The molecule has 0 N–H and O–H groups in total. The third kappa shape index (κ3) is 5.90. The molecule has 184 valence electrons. The van der Waals surface area contributed by atoms with Crippen molar-refractivity contribution in [2.75, 3.05) is 32.9 Å². The maximum atomic E-state index is 12.4. The van der Waals surface area contributed by atoms with E-state index < -0.39 is 5.97 Å². The number of carbonyl (C=O) groups is 2. The van der Waals surface area contributed by atoms with Gasteiger partial charge in [-0.3, -0.25) is 4.79 Å². The summed E-state index contributed by atoms with van der Waals surface area (Å²) in [5.74, 6) is 0.357. The van der Waals surface area contributed by atoms with Crippen molar-refractivity contribution in [1.82, 2.24) is 14.7 Å². The van der Waals surface area contributed by atoms with Crippen LogP contribution in [0, 0.1) is 0 Å². The van der Waals surface area contributed by atoms with Crippen LogP contribution in [0.15, 0.2) is 86.1 Å². The van der Waals surface area contributed by atoms with Gasteiger partial charge >= 0.3 is 5.97 Å². The highest BCUT2D eigenvalue weighted by Crippen LogP contribution is 2.35. The minimum Gasteiger partial charge on any atom is -0.486 e. The topological polar surface area (TPSA) is 82.9 Å². The van der Waals surface area contributed by atoms with E-state index in [1.807, 2.05) is 54.7 Å². The maximum absolute atomic E-state index is 12.4. The monoisotopic (exact) mass is 485 g/mol. The standard InChI is InChI=1S/C28H27N3O5/c1-3-14-30(15-4-2)26(32)20-36-27(33)13-11-22-19-31(23-8-6-5-7-9-23)29-28(22)21-10-12-24-25(18-21)35-17-16-34-24/h3-13,18-19H,1-2,14-17,20H2. The van der Waals surface area contributed by atoms with E-state index >= 15 is 0 Å². The Balaban J connectivity index is 1.55. The third-order valence-corrected chi connectivity index (χ3v) is 5.37. The smallest absolute Gasteiger partial charge is 0.331 e. The summed E-state index contributed by atoms with van der Waals surface area (Å²) in [6, 6.07) is 15.3. The van der Waals surface area contributed by atoms with Crippen molar-refractivity contribution in [3.63, 3.8) is 0 Å². The van der Waals surface area contributed by atoms with Gasteiger partial charge in [0.15, 0.2) is 18.1 Å². The van der Waals surface area contributed by atoms with Gasteiger partial charge in [-0.15, -0.1) is 13.2 Å². The molecule has 1 aromatic heterocycles. The van der Waals surface area contributed by atoms with Crippen LogP contribution in [0.3, 0.4) is 0 Å².